The summed E-state index contributed by atoms with van der Waals surface area (Å²) in [5.41, 5.74) is 0.837. The monoisotopic (exact) mass is 192 g/mol. The van der Waals surface area contributed by atoms with Crippen LogP contribution in [0.5, 0.6) is 0 Å². The summed E-state index contributed by atoms with van der Waals surface area (Å²) in [4.78, 5) is 0. The smallest absolute Gasteiger partial charge is 0.150 e. The second-order valence-corrected chi connectivity index (χ2v) is 3.15. The van der Waals surface area contributed by atoms with E-state index in [-0.39, 0.29) is 5.50 Å². The summed E-state index contributed by atoms with van der Waals surface area (Å²) in [6, 6.07) is 11.7. The summed E-state index contributed by atoms with van der Waals surface area (Å²) in [5, 5.41) is 4.08. The number of aromatic nitrogens is 2. The Labute approximate surface area is 81.8 Å². The van der Waals surface area contributed by atoms with E-state index in [2.05, 4.69) is 5.10 Å². The van der Waals surface area contributed by atoms with Gasteiger partial charge in [-0.1, -0.05) is 41.9 Å². The molecule has 0 amide bonds. The first-order chi connectivity index (χ1) is 6.38. The quantitative estimate of drug-likeness (QED) is 0.669. The summed E-state index contributed by atoms with van der Waals surface area (Å²) < 4.78 is 1.72. The molecule has 1 aromatic carbocycles. The lowest BCUT2D eigenvalue weighted by molar-refractivity contribution is 0.662. The maximum atomic E-state index is 6.17. The van der Waals surface area contributed by atoms with Crippen LogP contribution in [0.15, 0.2) is 48.8 Å². The minimum Gasteiger partial charge on any atom is -0.250 e. The molecule has 1 aromatic heterocycles. The van der Waals surface area contributed by atoms with Crippen molar-refractivity contribution in [3.05, 3.63) is 54.4 Å². The molecule has 2 nitrogen and oxygen atoms in total. The topological polar surface area (TPSA) is 17.8 Å². The van der Waals surface area contributed by atoms with Crippen molar-refractivity contribution in [2.45, 2.75) is 5.50 Å². The summed E-state index contributed by atoms with van der Waals surface area (Å²) in [5.74, 6) is 0. The van der Waals surface area contributed by atoms with Crippen LogP contribution in [0, 0.1) is 0 Å². The number of benzene rings is 1. The fourth-order valence-corrected chi connectivity index (χ4v) is 1.44. The molecule has 0 bridgehead atoms. The van der Waals surface area contributed by atoms with Gasteiger partial charge in [-0.15, -0.1) is 0 Å². The van der Waals surface area contributed by atoms with Crippen LogP contribution >= 0.6 is 11.6 Å². The number of rotatable bonds is 2. The van der Waals surface area contributed by atoms with Gasteiger partial charge in [0.05, 0.1) is 0 Å². The molecule has 13 heavy (non-hydrogen) atoms. The highest BCUT2D eigenvalue weighted by atomic mass is 35.5. The molecule has 0 fully saturated rings. The summed E-state index contributed by atoms with van der Waals surface area (Å²) in [6.07, 6.45) is 3.57. The molecule has 2 aromatic rings. The number of nitrogens with zero attached hydrogens (tertiary/aromatic N) is 2. The first-order valence-electron chi connectivity index (χ1n) is 4.06. The first-order valence-corrected chi connectivity index (χ1v) is 4.50. The number of alkyl halides is 1. The third-order valence-corrected chi connectivity index (χ3v) is 2.28. The van der Waals surface area contributed by atoms with Gasteiger partial charge in [-0.05, 0) is 11.6 Å². The third kappa shape index (κ3) is 1.73. The van der Waals surface area contributed by atoms with Gasteiger partial charge in [0, 0.05) is 12.4 Å². The molecule has 0 aliphatic rings. The van der Waals surface area contributed by atoms with Crippen molar-refractivity contribution < 1.29 is 0 Å². The molecule has 0 aliphatic heterocycles. The Morgan fingerprint density at radius 1 is 1.15 bits per heavy atom. The standard InChI is InChI=1S/C10H9ClN2/c11-10(13-8-4-7-12-13)9-5-2-1-3-6-9/h1-8,10H. The Morgan fingerprint density at radius 3 is 2.54 bits per heavy atom. The maximum Gasteiger partial charge on any atom is 0.150 e. The Morgan fingerprint density at radius 2 is 1.92 bits per heavy atom. The molecule has 0 aliphatic carbocycles. The summed E-state index contributed by atoms with van der Waals surface area (Å²) in [6.45, 7) is 0. The van der Waals surface area contributed by atoms with E-state index >= 15 is 0 Å². The van der Waals surface area contributed by atoms with Crippen LogP contribution < -0.4 is 0 Å². The van der Waals surface area contributed by atoms with E-state index in [0.29, 0.717) is 0 Å². The number of hydrogen-bond donors (Lipinski definition) is 0. The maximum absolute atomic E-state index is 6.17. The predicted octanol–water partition coefficient (Wildman–Crippen LogP) is 2.67. The van der Waals surface area contributed by atoms with Crippen LogP contribution in [-0.4, -0.2) is 9.78 Å². The zero-order valence-electron chi connectivity index (χ0n) is 6.97. The van der Waals surface area contributed by atoms with Crippen LogP contribution in [0.2, 0.25) is 0 Å². The zero-order chi connectivity index (χ0) is 9.10. The molecule has 3 heteroatoms. The van der Waals surface area contributed by atoms with Gasteiger partial charge in [0.25, 0.3) is 0 Å². The Balaban J connectivity index is 2.29. The van der Waals surface area contributed by atoms with E-state index < -0.39 is 0 Å². The molecule has 1 atom stereocenters. The molecule has 0 radical (unpaired) electrons. The largest absolute Gasteiger partial charge is 0.250 e. The van der Waals surface area contributed by atoms with Crippen molar-refractivity contribution in [2.75, 3.05) is 0 Å². The van der Waals surface area contributed by atoms with Gasteiger partial charge in [0.1, 0.15) is 0 Å². The van der Waals surface area contributed by atoms with E-state index in [0.717, 1.165) is 5.56 Å². The number of hydrogen-bond acceptors (Lipinski definition) is 1. The van der Waals surface area contributed by atoms with Crippen molar-refractivity contribution in [1.29, 1.82) is 0 Å². The van der Waals surface area contributed by atoms with Crippen molar-refractivity contribution in [3.8, 4) is 0 Å². The van der Waals surface area contributed by atoms with Gasteiger partial charge < -0.3 is 0 Å². The van der Waals surface area contributed by atoms with Crippen molar-refractivity contribution in [1.82, 2.24) is 9.78 Å². The van der Waals surface area contributed by atoms with Gasteiger partial charge in [0.2, 0.25) is 0 Å². The molecule has 0 saturated heterocycles. The SMILES string of the molecule is ClC(c1ccccc1)n1cccn1. The van der Waals surface area contributed by atoms with Crippen molar-refractivity contribution in [3.63, 3.8) is 0 Å². The van der Waals surface area contributed by atoms with Crippen molar-refractivity contribution in [2.24, 2.45) is 0 Å². The highest BCUT2D eigenvalue weighted by Gasteiger charge is 2.07. The molecular formula is C10H9ClN2. The Kier molecular flexibility index (Phi) is 2.32. The molecular weight excluding hydrogens is 184 g/mol. The van der Waals surface area contributed by atoms with E-state index in [9.17, 15) is 0 Å². The lowest BCUT2D eigenvalue weighted by Crippen LogP contribution is -2.03. The molecule has 66 valence electrons. The molecule has 2 rings (SSSR count). The summed E-state index contributed by atoms with van der Waals surface area (Å²) in [7, 11) is 0. The van der Waals surface area contributed by atoms with E-state index in [1.165, 1.54) is 0 Å². The molecule has 1 heterocycles. The highest BCUT2D eigenvalue weighted by molar-refractivity contribution is 6.20. The summed E-state index contributed by atoms with van der Waals surface area (Å²) >= 11 is 6.17. The second kappa shape index (κ2) is 3.62. The van der Waals surface area contributed by atoms with Crippen LogP contribution in [-0.2, 0) is 0 Å². The van der Waals surface area contributed by atoms with Gasteiger partial charge in [0.15, 0.2) is 5.50 Å². The van der Waals surface area contributed by atoms with E-state index in [1.807, 2.05) is 42.6 Å². The average molecular weight is 193 g/mol. The normalized spacial score (nSPS) is 12.7. The Bertz CT molecular complexity index is 356. The molecule has 0 spiro atoms. The third-order valence-electron chi connectivity index (χ3n) is 1.83. The number of halogens is 1. The molecule has 1 unspecified atom stereocenters. The van der Waals surface area contributed by atoms with Crippen LogP contribution in [0.4, 0.5) is 0 Å². The van der Waals surface area contributed by atoms with Gasteiger partial charge >= 0.3 is 0 Å². The van der Waals surface area contributed by atoms with Crippen LogP contribution in [0.3, 0.4) is 0 Å². The fraction of sp³-hybridized carbons (Fsp3) is 0.100. The lowest BCUT2D eigenvalue weighted by Gasteiger charge is -2.09. The van der Waals surface area contributed by atoms with Gasteiger partial charge in [-0.25, -0.2) is 0 Å². The highest BCUT2D eigenvalue weighted by Crippen LogP contribution is 2.20. The van der Waals surface area contributed by atoms with E-state index in [1.54, 1.807) is 10.9 Å². The minimum atomic E-state index is -0.212. The lowest BCUT2D eigenvalue weighted by atomic mass is 10.2. The van der Waals surface area contributed by atoms with Crippen LogP contribution in [0.1, 0.15) is 11.1 Å². The second-order valence-electron chi connectivity index (χ2n) is 2.73. The average Bonchev–Trinajstić information content (AvgIpc) is 2.71. The zero-order valence-corrected chi connectivity index (χ0v) is 7.72. The minimum absolute atomic E-state index is 0.212. The fourth-order valence-electron chi connectivity index (χ4n) is 1.18. The predicted molar refractivity (Wildman–Crippen MR) is 52.7 cm³/mol. The molecule has 0 saturated carbocycles. The van der Waals surface area contributed by atoms with Crippen LogP contribution in [0.25, 0.3) is 0 Å². The van der Waals surface area contributed by atoms with E-state index in [4.69, 9.17) is 11.6 Å². The van der Waals surface area contributed by atoms with Gasteiger partial charge in [-0.2, -0.15) is 5.10 Å². The Hall–Kier alpha value is -1.28. The van der Waals surface area contributed by atoms with Gasteiger partial charge in [-0.3, -0.25) is 4.68 Å². The first kappa shape index (κ1) is 8.32. The van der Waals surface area contributed by atoms with Crippen molar-refractivity contribution >= 4 is 11.6 Å². The molecule has 0 N–H and O–H groups in total.